The van der Waals surface area contributed by atoms with Gasteiger partial charge >= 0.3 is 5.97 Å². The van der Waals surface area contributed by atoms with Gasteiger partial charge in [-0.1, -0.05) is 12.7 Å². The maximum Gasteiger partial charge on any atom is 0.337 e. The lowest BCUT2D eigenvalue weighted by molar-refractivity contribution is -0.112. The van der Waals surface area contributed by atoms with Crippen LogP contribution < -0.4 is 15.9 Å². The minimum absolute atomic E-state index is 0.183. The van der Waals surface area contributed by atoms with E-state index < -0.39 is 11.9 Å². The van der Waals surface area contributed by atoms with Gasteiger partial charge in [0, 0.05) is 12.4 Å². The first-order valence-corrected chi connectivity index (χ1v) is 7.21. The summed E-state index contributed by atoms with van der Waals surface area (Å²) in [5, 5.41) is 3.91. The Morgan fingerprint density at radius 3 is 2.72 bits per heavy atom. The third-order valence-corrected chi connectivity index (χ3v) is 3.33. The Kier molecular flexibility index (Phi) is 5.70. The predicted octanol–water partition coefficient (Wildman–Crippen LogP) is 1.59. The number of esters is 1. The molecule has 0 spiro atoms. The Hall–Kier alpha value is -3.39. The van der Waals surface area contributed by atoms with Crippen molar-refractivity contribution in [1.29, 1.82) is 0 Å². The molecule has 1 amide bonds. The first-order chi connectivity index (χ1) is 12.0. The van der Waals surface area contributed by atoms with Crippen LogP contribution in [0.1, 0.15) is 10.4 Å². The Labute approximate surface area is 144 Å². The van der Waals surface area contributed by atoms with E-state index in [9.17, 15) is 9.59 Å². The first-order valence-electron chi connectivity index (χ1n) is 7.21. The van der Waals surface area contributed by atoms with Gasteiger partial charge < -0.3 is 14.8 Å². The number of ether oxygens (including phenoxy) is 2. The average Bonchev–Trinajstić information content (AvgIpc) is 2.63. The quantitative estimate of drug-likeness (QED) is 0.478. The summed E-state index contributed by atoms with van der Waals surface area (Å²) in [4.78, 5) is 28.2. The largest absolute Gasteiger partial charge is 0.495 e. The molecule has 0 atom stereocenters. The van der Waals surface area contributed by atoms with E-state index in [0.717, 1.165) is 0 Å². The molecule has 3 N–H and O–H groups in total. The van der Waals surface area contributed by atoms with Gasteiger partial charge in [-0.25, -0.2) is 15.6 Å². The van der Waals surface area contributed by atoms with Crippen molar-refractivity contribution in [3.05, 3.63) is 60.1 Å². The predicted molar refractivity (Wildman–Crippen MR) is 93.8 cm³/mol. The normalized spacial score (nSPS) is 14.8. The van der Waals surface area contributed by atoms with E-state index in [1.165, 1.54) is 43.7 Å². The Morgan fingerprint density at radius 2 is 2.12 bits per heavy atom. The highest BCUT2D eigenvalue weighted by molar-refractivity contribution is 6.07. The molecule has 0 radical (unpaired) electrons. The molecule has 8 heteroatoms. The molecule has 1 aromatic carbocycles. The number of nitrogens with zero attached hydrogens (tertiary/aromatic N) is 2. The average molecular weight is 342 g/mol. The van der Waals surface area contributed by atoms with Crippen molar-refractivity contribution in [2.24, 2.45) is 10.8 Å². The smallest absolute Gasteiger partial charge is 0.337 e. The first kappa shape index (κ1) is 18.0. The summed E-state index contributed by atoms with van der Waals surface area (Å²) in [5.41, 5.74) is 0.857. The number of hydrogen-bond donors (Lipinski definition) is 2. The van der Waals surface area contributed by atoms with E-state index in [0.29, 0.717) is 17.0 Å². The Balaban J connectivity index is 2.32. The second-order valence-electron chi connectivity index (χ2n) is 4.83. The SMILES string of the molecule is C=C/C(C(=O)Nc1ccc(C(=O)OC)cc1OC)=C1/N=CC=CN1N. The standard InChI is InChI=1S/C17H18N4O4/c1-4-12(15-19-8-5-9-21(15)18)16(22)20-13-7-6-11(17(23)25-3)10-14(13)24-2/h4-10H,1,18H2,2-3H3,(H,20,22)/b15-12+. The number of hydrogen-bond acceptors (Lipinski definition) is 7. The van der Waals surface area contributed by atoms with Crippen LogP contribution in [0.3, 0.4) is 0 Å². The molecule has 1 heterocycles. The van der Waals surface area contributed by atoms with Crippen molar-refractivity contribution >= 4 is 23.8 Å². The molecule has 0 fully saturated rings. The second-order valence-corrected chi connectivity index (χ2v) is 4.83. The van der Waals surface area contributed by atoms with Gasteiger partial charge in [0.1, 0.15) is 5.75 Å². The van der Waals surface area contributed by atoms with Gasteiger partial charge in [0.25, 0.3) is 5.91 Å². The van der Waals surface area contributed by atoms with Crippen LogP contribution in [-0.2, 0) is 9.53 Å². The molecule has 0 saturated carbocycles. The van der Waals surface area contributed by atoms with Crippen molar-refractivity contribution in [1.82, 2.24) is 5.01 Å². The van der Waals surface area contributed by atoms with Crippen LogP contribution in [0, 0.1) is 0 Å². The van der Waals surface area contributed by atoms with Crippen molar-refractivity contribution in [2.75, 3.05) is 19.5 Å². The molecule has 130 valence electrons. The van der Waals surface area contributed by atoms with Gasteiger partial charge in [-0.3, -0.25) is 9.80 Å². The number of aliphatic imine (C=N–C) groups is 1. The zero-order chi connectivity index (χ0) is 18.4. The molecule has 1 aliphatic rings. The number of hydrazine groups is 1. The molecule has 0 saturated heterocycles. The minimum atomic E-state index is -0.507. The number of anilines is 1. The van der Waals surface area contributed by atoms with Crippen molar-refractivity contribution in [2.45, 2.75) is 0 Å². The lowest BCUT2D eigenvalue weighted by Gasteiger charge is -2.19. The van der Waals surface area contributed by atoms with Gasteiger partial charge in [0.05, 0.1) is 31.0 Å². The van der Waals surface area contributed by atoms with E-state index >= 15 is 0 Å². The monoisotopic (exact) mass is 342 g/mol. The highest BCUT2D eigenvalue weighted by Crippen LogP contribution is 2.27. The number of nitrogens with two attached hydrogens (primary N) is 1. The van der Waals surface area contributed by atoms with Gasteiger partial charge in [0.2, 0.25) is 0 Å². The molecule has 0 unspecified atom stereocenters. The molecule has 1 aromatic rings. The van der Waals surface area contributed by atoms with Gasteiger partial charge in [-0.15, -0.1) is 0 Å². The van der Waals surface area contributed by atoms with Crippen LogP contribution in [0.5, 0.6) is 5.75 Å². The summed E-state index contributed by atoms with van der Waals surface area (Å²) in [6.07, 6.45) is 6.07. The summed E-state index contributed by atoms with van der Waals surface area (Å²) in [7, 11) is 2.71. The third-order valence-electron chi connectivity index (χ3n) is 3.33. The van der Waals surface area contributed by atoms with Crippen LogP contribution in [0.2, 0.25) is 0 Å². The second kappa shape index (κ2) is 7.93. The Morgan fingerprint density at radius 1 is 1.36 bits per heavy atom. The lowest BCUT2D eigenvalue weighted by Crippen LogP contribution is -2.29. The van der Waals surface area contributed by atoms with Gasteiger partial charge in [-0.2, -0.15) is 0 Å². The van der Waals surface area contributed by atoms with Gasteiger partial charge in [0.15, 0.2) is 5.82 Å². The minimum Gasteiger partial charge on any atom is -0.495 e. The lowest BCUT2D eigenvalue weighted by atomic mass is 10.1. The highest BCUT2D eigenvalue weighted by atomic mass is 16.5. The van der Waals surface area contributed by atoms with Crippen LogP contribution in [-0.4, -0.2) is 37.3 Å². The van der Waals surface area contributed by atoms with Crippen molar-refractivity contribution < 1.29 is 19.1 Å². The molecular weight excluding hydrogens is 324 g/mol. The summed E-state index contributed by atoms with van der Waals surface area (Å²) in [6, 6.07) is 4.53. The van der Waals surface area contributed by atoms with E-state index in [1.54, 1.807) is 18.3 Å². The maximum absolute atomic E-state index is 12.6. The number of allylic oxidation sites excluding steroid dienone is 1. The molecule has 25 heavy (non-hydrogen) atoms. The summed E-state index contributed by atoms with van der Waals surface area (Å²) >= 11 is 0. The number of amides is 1. The number of methoxy groups -OCH3 is 2. The van der Waals surface area contributed by atoms with Gasteiger partial charge in [-0.05, 0) is 24.3 Å². The zero-order valence-corrected chi connectivity index (χ0v) is 13.9. The molecule has 8 nitrogen and oxygen atoms in total. The number of carbonyl (C=O) groups excluding carboxylic acids is 2. The van der Waals surface area contributed by atoms with E-state index in [-0.39, 0.29) is 11.4 Å². The molecule has 0 aliphatic carbocycles. The van der Waals surface area contributed by atoms with E-state index in [2.05, 4.69) is 21.6 Å². The molecule has 0 aromatic heterocycles. The topological polar surface area (TPSA) is 106 Å². The summed E-state index contributed by atoms with van der Waals surface area (Å²) in [5.74, 6) is 5.36. The molecular formula is C17H18N4O4. The zero-order valence-electron chi connectivity index (χ0n) is 13.9. The maximum atomic E-state index is 12.6. The van der Waals surface area contributed by atoms with Crippen molar-refractivity contribution in [3.8, 4) is 5.75 Å². The number of benzene rings is 1. The number of rotatable bonds is 5. The number of carbonyl (C=O) groups is 2. The van der Waals surface area contributed by atoms with E-state index in [1.807, 2.05) is 0 Å². The van der Waals surface area contributed by atoms with E-state index in [4.69, 9.17) is 10.6 Å². The number of nitrogens with one attached hydrogen (secondary N) is 1. The fraction of sp³-hybridized carbons (Fsp3) is 0.118. The fourth-order valence-corrected chi connectivity index (χ4v) is 2.11. The molecule has 1 aliphatic heterocycles. The van der Waals surface area contributed by atoms with Crippen LogP contribution in [0.25, 0.3) is 0 Å². The molecule has 2 rings (SSSR count). The highest BCUT2D eigenvalue weighted by Gasteiger charge is 2.18. The summed E-state index contributed by atoms with van der Waals surface area (Å²) in [6.45, 7) is 3.63. The molecule has 0 bridgehead atoms. The fourth-order valence-electron chi connectivity index (χ4n) is 2.11. The third kappa shape index (κ3) is 3.93. The van der Waals surface area contributed by atoms with Crippen LogP contribution >= 0.6 is 0 Å². The van der Waals surface area contributed by atoms with Crippen LogP contribution in [0.15, 0.2) is 59.5 Å². The van der Waals surface area contributed by atoms with Crippen molar-refractivity contribution in [3.63, 3.8) is 0 Å². The van der Waals surface area contributed by atoms with Crippen LogP contribution in [0.4, 0.5) is 5.69 Å². The summed E-state index contributed by atoms with van der Waals surface area (Å²) < 4.78 is 9.88. The Bertz CT molecular complexity index is 796.